The average Bonchev–Trinajstić information content (AvgIpc) is 4.12. The van der Waals surface area contributed by atoms with E-state index in [0.29, 0.717) is 0 Å². The van der Waals surface area contributed by atoms with Crippen LogP contribution in [0.25, 0.3) is 72.0 Å². The lowest BCUT2D eigenvalue weighted by Gasteiger charge is -2.40. The van der Waals surface area contributed by atoms with E-state index in [1.54, 1.807) is 0 Å². The van der Waals surface area contributed by atoms with E-state index in [1.165, 1.54) is 117 Å². The van der Waals surface area contributed by atoms with Crippen LogP contribution in [0.3, 0.4) is 0 Å². The summed E-state index contributed by atoms with van der Waals surface area (Å²) in [5, 5.41) is 2.56. The molecule has 1 unspecified atom stereocenters. The molecular formula is C68H42N2. The van der Waals surface area contributed by atoms with Crippen molar-refractivity contribution in [2.24, 2.45) is 0 Å². The molecule has 70 heavy (non-hydrogen) atoms. The van der Waals surface area contributed by atoms with Gasteiger partial charge in [-0.25, -0.2) is 0 Å². The van der Waals surface area contributed by atoms with Gasteiger partial charge in [0.1, 0.15) is 0 Å². The summed E-state index contributed by atoms with van der Waals surface area (Å²) in [4.78, 5) is 2.53. The highest BCUT2D eigenvalue weighted by atomic mass is 15.1. The van der Waals surface area contributed by atoms with Crippen molar-refractivity contribution in [3.8, 4) is 50.2 Å². The normalized spacial score (nSPS) is 15.6. The van der Waals surface area contributed by atoms with Gasteiger partial charge in [-0.05, 0) is 138 Å². The van der Waals surface area contributed by atoms with Gasteiger partial charge in [0, 0.05) is 27.8 Å². The van der Waals surface area contributed by atoms with Gasteiger partial charge in [-0.1, -0.05) is 206 Å². The van der Waals surface area contributed by atoms with Crippen LogP contribution < -0.4 is 4.90 Å². The molecule has 0 saturated carbocycles. The third-order valence-electron chi connectivity index (χ3n) is 16.4. The topological polar surface area (TPSA) is 8.17 Å². The Hall–Kier alpha value is -8.98. The molecule has 0 bridgehead atoms. The largest absolute Gasteiger partial charge is 0.310 e. The number of nitrogens with zero attached hydrogens (tertiary/aromatic N) is 2. The lowest BCUT2D eigenvalue weighted by molar-refractivity contribution is 0.748. The fourth-order valence-electron chi connectivity index (χ4n) is 13.8. The summed E-state index contributed by atoms with van der Waals surface area (Å²) in [6.45, 7) is 0. The molecule has 2 spiro atoms. The Balaban J connectivity index is 0.990. The molecule has 0 fully saturated rings. The average molecular weight is 887 g/mol. The summed E-state index contributed by atoms with van der Waals surface area (Å²) >= 11 is 0. The molecule has 3 aliphatic carbocycles. The van der Waals surface area contributed by atoms with Crippen LogP contribution in [-0.2, 0) is 10.8 Å². The molecule has 16 rings (SSSR count). The van der Waals surface area contributed by atoms with Crippen LogP contribution >= 0.6 is 0 Å². The summed E-state index contributed by atoms with van der Waals surface area (Å²) < 4.78 is 2.53. The van der Waals surface area contributed by atoms with Crippen molar-refractivity contribution in [3.05, 3.63) is 299 Å². The number of aromatic nitrogens is 1. The highest BCUT2D eigenvalue weighted by Gasteiger charge is 2.53. The van der Waals surface area contributed by atoms with Crippen molar-refractivity contribution >= 4 is 38.9 Å². The molecule has 2 heterocycles. The van der Waals surface area contributed by atoms with Gasteiger partial charge >= 0.3 is 0 Å². The van der Waals surface area contributed by atoms with Crippen molar-refractivity contribution in [2.75, 3.05) is 4.90 Å². The molecule has 2 heteroatoms. The smallest absolute Gasteiger partial charge is 0.0755 e. The monoisotopic (exact) mass is 886 g/mol. The fraction of sp³-hybridized carbons (Fsp3) is 0.0294. The van der Waals surface area contributed by atoms with E-state index in [-0.39, 0.29) is 0 Å². The second-order valence-electron chi connectivity index (χ2n) is 19.5. The number of anilines is 3. The van der Waals surface area contributed by atoms with Crippen LogP contribution in [-0.4, -0.2) is 4.57 Å². The number of benzene rings is 11. The number of para-hydroxylation sites is 3. The van der Waals surface area contributed by atoms with Crippen LogP contribution in [0.2, 0.25) is 0 Å². The number of rotatable bonds is 4. The summed E-state index contributed by atoms with van der Waals surface area (Å²) in [5.74, 6) is 0. The Morgan fingerprint density at radius 3 is 1.31 bits per heavy atom. The molecule has 1 aromatic heterocycles. The Labute approximate surface area is 406 Å². The summed E-state index contributed by atoms with van der Waals surface area (Å²) in [5.41, 5.74) is 26.8. The molecule has 324 valence electrons. The van der Waals surface area contributed by atoms with Crippen molar-refractivity contribution in [1.29, 1.82) is 0 Å². The van der Waals surface area contributed by atoms with E-state index in [4.69, 9.17) is 0 Å². The van der Waals surface area contributed by atoms with Gasteiger partial charge < -0.3 is 9.47 Å². The number of hydrogen-bond donors (Lipinski definition) is 0. The minimum Gasteiger partial charge on any atom is -0.310 e. The maximum atomic E-state index is 2.54. The van der Waals surface area contributed by atoms with E-state index in [2.05, 4.69) is 264 Å². The molecule has 0 N–H and O–H groups in total. The van der Waals surface area contributed by atoms with Gasteiger partial charge in [0.15, 0.2) is 0 Å². The predicted octanol–water partition coefficient (Wildman–Crippen LogP) is 16.9. The molecule has 0 saturated heterocycles. The van der Waals surface area contributed by atoms with Crippen LogP contribution in [0.1, 0.15) is 44.5 Å². The Morgan fingerprint density at radius 1 is 0.271 bits per heavy atom. The molecule has 0 radical (unpaired) electrons. The molecule has 1 aliphatic heterocycles. The maximum Gasteiger partial charge on any atom is 0.0755 e. The third kappa shape index (κ3) is 4.64. The molecule has 12 aromatic rings. The SMILES string of the molecule is c1ccc(-c2cccc(N(c3ccc4c(c3)C3(c5ccccc5-c5ccccc53)c3ccccc3-4)c3ccc4c(c3)C3(c5ccccc5-4)c4ccccc4-n4c5ccccc5c5cccc3c54)c2)cc1. The first-order chi connectivity index (χ1) is 34.7. The van der Waals surface area contributed by atoms with Gasteiger partial charge in [-0.3, -0.25) is 0 Å². The van der Waals surface area contributed by atoms with Crippen molar-refractivity contribution in [3.63, 3.8) is 0 Å². The van der Waals surface area contributed by atoms with Crippen molar-refractivity contribution in [2.45, 2.75) is 10.8 Å². The zero-order valence-corrected chi connectivity index (χ0v) is 38.1. The van der Waals surface area contributed by atoms with Crippen molar-refractivity contribution in [1.82, 2.24) is 4.57 Å². The second-order valence-corrected chi connectivity index (χ2v) is 19.5. The van der Waals surface area contributed by atoms with E-state index in [9.17, 15) is 0 Å². The molecule has 4 aliphatic rings. The van der Waals surface area contributed by atoms with Crippen LogP contribution in [0.15, 0.2) is 255 Å². The van der Waals surface area contributed by atoms with E-state index < -0.39 is 10.8 Å². The first-order valence-corrected chi connectivity index (χ1v) is 24.5. The third-order valence-corrected chi connectivity index (χ3v) is 16.4. The van der Waals surface area contributed by atoms with E-state index in [0.717, 1.165) is 17.1 Å². The molecule has 11 aromatic carbocycles. The summed E-state index contributed by atoms with van der Waals surface area (Å²) in [6, 6.07) is 96.1. The number of hydrogen-bond acceptors (Lipinski definition) is 1. The first kappa shape index (κ1) is 38.0. The standard InChI is InChI=1S/C68H42N2/c1-2-18-43(19-3-1)44-20-16-21-45(40-44)69(46-36-38-52-50-24-6-11-30-58(50)67(62(52)41-46)56-28-9-4-22-48(56)49-23-5-10-29-57(49)67)47-37-39-53-51-25-7-12-31-59(51)68(63(53)42-47)60-32-13-15-35-65(60)70-64-34-14-8-26-54(64)55-27-17-33-61(68)66(55)70/h1-42H. The minimum absolute atomic E-state index is 0.473. The number of fused-ring (bicyclic) bond motifs is 22. The van der Waals surface area contributed by atoms with Crippen LogP contribution in [0.4, 0.5) is 17.1 Å². The van der Waals surface area contributed by atoms with Gasteiger partial charge in [0.2, 0.25) is 0 Å². The lowest BCUT2D eigenvalue weighted by atomic mass is 9.65. The zero-order valence-electron chi connectivity index (χ0n) is 38.1. The zero-order chi connectivity index (χ0) is 45.7. The molecule has 1 atom stereocenters. The maximum absolute atomic E-state index is 2.54. The van der Waals surface area contributed by atoms with Gasteiger partial charge in [0.05, 0.1) is 27.6 Å². The summed E-state index contributed by atoms with van der Waals surface area (Å²) in [6.07, 6.45) is 0. The predicted molar refractivity (Wildman–Crippen MR) is 288 cm³/mol. The molecule has 0 amide bonds. The Kier molecular flexibility index (Phi) is 7.51. The van der Waals surface area contributed by atoms with Crippen LogP contribution in [0.5, 0.6) is 0 Å². The highest BCUT2D eigenvalue weighted by molar-refractivity contribution is 6.13. The lowest BCUT2D eigenvalue weighted by Crippen LogP contribution is -2.33. The highest BCUT2D eigenvalue weighted by Crippen LogP contribution is 2.65. The fourth-order valence-corrected chi connectivity index (χ4v) is 13.8. The molecular weight excluding hydrogens is 845 g/mol. The molecule has 2 nitrogen and oxygen atoms in total. The van der Waals surface area contributed by atoms with Gasteiger partial charge in [-0.2, -0.15) is 0 Å². The Morgan fingerprint density at radius 2 is 0.700 bits per heavy atom. The van der Waals surface area contributed by atoms with E-state index >= 15 is 0 Å². The van der Waals surface area contributed by atoms with Gasteiger partial charge in [0.25, 0.3) is 0 Å². The second kappa shape index (κ2) is 13.8. The summed E-state index contributed by atoms with van der Waals surface area (Å²) in [7, 11) is 0. The minimum atomic E-state index is -0.582. The first-order valence-electron chi connectivity index (χ1n) is 24.5. The quantitative estimate of drug-likeness (QED) is 0.171. The van der Waals surface area contributed by atoms with E-state index in [1.807, 2.05) is 0 Å². The Bertz CT molecular complexity index is 4150. The van der Waals surface area contributed by atoms with Gasteiger partial charge in [-0.15, -0.1) is 0 Å². The van der Waals surface area contributed by atoms with Crippen LogP contribution in [0, 0.1) is 0 Å². The van der Waals surface area contributed by atoms with Crippen molar-refractivity contribution < 1.29 is 0 Å².